The lowest BCUT2D eigenvalue weighted by Gasteiger charge is -2.00. The molecule has 0 aliphatic rings. The Bertz CT molecular complexity index is 514. The smallest absolute Gasteiger partial charge is 0.148 e. The van der Waals surface area contributed by atoms with Crippen LogP contribution in [-0.2, 0) is 7.05 Å². The summed E-state index contributed by atoms with van der Waals surface area (Å²) in [5, 5.41) is 0.983. The molecule has 0 saturated heterocycles. The Morgan fingerprint density at radius 3 is 2.57 bits per heavy atom. The molecule has 0 unspecified atom stereocenters. The van der Waals surface area contributed by atoms with Gasteiger partial charge in [-0.05, 0) is 31.5 Å². The van der Waals surface area contributed by atoms with Gasteiger partial charge in [0.1, 0.15) is 5.82 Å². The van der Waals surface area contributed by atoms with E-state index in [-0.39, 0.29) is 5.82 Å². The number of aromatic nitrogens is 1. The molecule has 1 aromatic carbocycles. The largest absolute Gasteiger partial charge is 0.345 e. The molecule has 0 radical (unpaired) electrons. The van der Waals surface area contributed by atoms with Crippen LogP contribution in [0.25, 0.3) is 10.9 Å². The Morgan fingerprint density at radius 2 is 1.93 bits per heavy atom. The summed E-state index contributed by atoms with van der Waals surface area (Å²) in [6.07, 6.45) is 0. The molecule has 1 nitrogen and oxygen atoms in total. The molecule has 14 heavy (non-hydrogen) atoms. The van der Waals surface area contributed by atoms with E-state index in [1.165, 1.54) is 6.07 Å². The van der Waals surface area contributed by atoms with Crippen LogP contribution in [0.15, 0.2) is 16.6 Å². The van der Waals surface area contributed by atoms with E-state index >= 15 is 0 Å². The van der Waals surface area contributed by atoms with Crippen molar-refractivity contribution in [2.75, 3.05) is 0 Å². The van der Waals surface area contributed by atoms with Gasteiger partial charge in [-0.2, -0.15) is 0 Å². The summed E-state index contributed by atoms with van der Waals surface area (Å²) in [5.41, 5.74) is 2.93. The van der Waals surface area contributed by atoms with Gasteiger partial charge in [-0.25, -0.2) is 4.39 Å². The molecular formula is C11H11BrFN. The Hall–Kier alpha value is -0.830. The SMILES string of the molecule is Cc1c(C)n(C)c2c(F)cc(Br)cc12. The van der Waals surface area contributed by atoms with Crippen molar-refractivity contribution in [2.45, 2.75) is 13.8 Å². The fourth-order valence-corrected chi connectivity index (χ4v) is 2.24. The highest BCUT2D eigenvalue weighted by Crippen LogP contribution is 2.29. The lowest BCUT2D eigenvalue weighted by atomic mass is 10.1. The highest BCUT2D eigenvalue weighted by Gasteiger charge is 2.12. The van der Waals surface area contributed by atoms with E-state index in [4.69, 9.17) is 0 Å². The average molecular weight is 256 g/mol. The number of halogens is 2. The van der Waals surface area contributed by atoms with Crippen molar-refractivity contribution in [1.29, 1.82) is 0 Å². The molecule has 0 saturated carbocycles. The van der Waals surface area contributed by atoms with Gasteiger partial charge in [0.15, 0.2) is 0 Å². The van der Waals surface area contributed by atoms with Gasteiger partial charge in [0.25, 0.3) is 0 Å². The zero-order valence-electron chi connectivity index (χ0n) is 8.36. The number of fused-ring (bicyclic) bond motifs is 1. The molecule has 2 rings (SSSR count). The van der Waals surface area contributed by atoms with E-state index < -0.39 is 0 Å². The van der Waals surface area contributed by atoms with Crippen molar-refractivity contribution in [2.24, 2.45) is 7.05 Å². The Kier molecular flexibility index (Phi) is 2.14. The van der Waals surface area contributed by atoms with Gasteiger partial charge in [-0.15, -0.1) is 0 Å². The molecular weight excluding hydrogens is 245 g/mol. The van der Waals surface area contributed by atoms with E-state index in [0.717, 1.165) is 21.1 Å². The van der Waals surface area contributed by atoms with Crippen molar-refractivity contribution >= 4 is 26.8 Å². The van der Waals surface area contributed by atoms with E-state index in [2.05, 4.69) is 15.9 Å². The first-order valence-corrected chi connectivity index (χ1v) is 5.22. The van der Waals surface area contributed by atoms with Crippen LogP contribution in [0.5, 0.6) is 0 Å². The zero-order valence-corrected chi connectivity index (χ0v) is 9.94. The molecule has 0 aliphatic heterocycles. The fourth-order valence-electron chi connectivity index (χ4n) is 1.81. The van der Waals surface area contributed by atoms with Gasteiger partial charge in [-0.3, -0.25) is 0 Å². The van der Waals surface area contributed by atoms with Crippen molar-refractivity contribution in [1.82, 2.24) is 4.57 Å². The first-order valence-electron chi connectivity index (χ1n) is 4.43. The van der Waals surface area contributed by atoms with Gasteiger partial charge in [-0.1, -0.05) is 15.9 Å². The van der Waals surface area contributed by atoms with E-state index in [1.807, 2.05) is 31.5 Å². The van der Waals surface area contributed by atoms with Gasteiger partial charge in [0.2, 0.25) is 0 Å². The zero-order chi connectivity index (χ0) is 10.5. The second-order valence-corrected chi connectivity index (χ2v) is 4.47. The molecule has 0 N–H and O–H groups in total. The predicted octanol–water partition coefficient (Wildman–Crippen LogP) is 3.70. The lowest BCUT2D eigenvalue weighted by Crippen LogP contribution is -1.92. The maximum absolute atomic E-state index is 13.7. The minimum atomic E-state index is -0.173. The quantitative estimate of drug-likeness (QED) is 0.677. The number of benzene rings is 1. The Morgan fingerprint density at radius 1 is 1.29 bits per heavy atom. The molecule has 2 aromatic rings. The molecule has 3 heteroatoms. The third-order valence-corrected chi connectivity index (χ3v) is 3.27. The second-order valence-electron chi connectivity index (χ2n) is 3.55. The van der Waals surface area contributed by atoms with E-state index in [1.54, 1.807) is 0 Å². The summed E-state index contributed by atoms with van der Waals surface area (Å²) in [5.74, 6) is -0.173. The van der Waals surface area contributed by atoms with Crippen molar-refractivity contribution in [3.8, 4) is 0 Å². The van der Waals surface area contributed by atoms with Crippen molar-refractivity contribution < 1.29 is 4.39 Å². The van der Waals surface area contributed by atoms with Crippen LogP contribution in [0.3, 0.4) is 0 Å². The van der Waals surface area contributed by atoms with Crippen LogP contribution in [0.2, 0.25) is 0 Å². The normalized spacial score (nSPS) is 11.2. The molecule has 1 heterocycles. The minimum Gasteiger partial charge on any atom is -0.345 e. The predicted molar refractivity (Wildman–Crippen MR) is 60.1 cm³/mol. The molecule has 0 fully saturated rings. The maximum Gasteiger partial charge on any atom is 0.148 e. The number of aryl methyl sites for hydroxylation is 2. The van der Waals surface area contributed by atoms with Crippen LogP contribution in [0.1, 0.15) is 11.3 Å². The van der Waals surface area contributed by atoms with Crippen LogP contribution >= 0.6 is 15.9 Å². The minimum absolute atomic E-state index is 0.173. The number of nitrogens with zero attached hydrogens (tertiary/aromatic N) is 1. The van der Waals surface area contributed by atoms with Gasteiger partial charge >= 0.3 is 0 Å². The molecule has 0 amide bonds. The maximum atomic E-state index is 13.7. The third kappa shape index (κ3) is 1.19. The summed E-state index contributed by atoms with van der Waals surface area (Å²) < 4.78 is 16.3. The van der Waals surface area contributed by atoms with Crippen LogP contribution in [0.4, 0.5) is 4.39 Å². The summed E-state index contributed by atoms with van der Waals surface area (Å²) >= 11 is 3.30. The number of hydrogen-bond acceptors (Lipinski definition) is 0. The summed E-state index contributed by atoms with van der Waals surface area (Å²) in [6, 6.07) is 3.46. The topological polar surface area (TPSA) is 4.93 Å². The van der Waals surface area contributed by atoms with Crippen LogP contribution < -0.4 is 0 Å². The van der Waals surface area contributed by atoms with Gasteiger partial charge in [0, 0.05) is 22.6 Å². The van der Waals surface area contributed by atoms with E-state index in [9.17, 15) is 4.39 Å². The average Bonchev–Trinajstić information content (AvgIpc) is 2.31. The highest BCUT2D eigenvalue weighted by atomic mass is 79.9. The fraction of sp³-hybridized carbons (Fsp3) is 0.273. The molecule has 1 aromatic heterocycles. The Balaban J connectivity index is 3.02. The van der Waals surface area contributed by atoms with Crippen molar-refractivity contribution in [3.63, 3.8) is 0 Å². The first kappa shape index (κ1) is 9.71. The molecule has 0 aliphatic carbocycles. The molecule has 0 atom stereocenters. The second kappa shape index (κ2) is 3.09. The first-order chi connectivity index (χ1) is 6.52. The molecule has 74 valence electrons. The van der Waals surface area contributed by atoms with E-state index in [0.29, 0.717) is 5.52 Å². The molecule has 0 spiro atoms. The monoisotopic (exact) mass is 255 g/mol. The van der Waals surface area contributed by atoms with Crippen molar-refractivity contribution in [3.05, 3.63) is 33.7 Å². The Labute approximate surface area is 90.7 Å². The van der Waals surface area contributed by atoms with Crippen LogP contribution in [-0.4, -0.2) is 4.57 Å². The highest BCUT2D eigenvalue weighted by molar-refractivity contribution is 9.10. The summed E-state index contributed by atoms with van der Waals surface area (Å²) in [4.78, 5) is 0. The summed E-state index contributed by atoms with van der Waals surface area (Å²) in [6.45, 7) is 4.02. The third-order valence-electron chi connectivity index (χ3n) is 2.81. The number of hydrogen-bond donors (Lipinski definition) is 0. The summed E-state index contributed by atoms with van der Waals surface area (Å²) in [7, 11) is 1.89. The lowest BCUT2D eigenvalue weighted by molar-refractivity contribution is 0.630. The van der Waals surface area contributed by atoms with Gasteiger partial charge in [0.05, 0.1) is 5.52 Å². The molecule has 0 bridgehead atoms. The number of rotatable bonds is 0. The standard InChI is InChI=1S/C11H11BrFN/c1-6-7(2)14(3)11-9(6)4-8(12)5-10(11)13/h4-5H,1-3H3. The van der Waals surface area contributed by atoms with Gasteiger partial charge < -0.3 is 4.57 Å². The van der Waals surface area contributed by atoms with Crippen LogP contribution in [0, 0.1) is 19.7 Å².